The van der Waals surface area contributed by atoms with Gasteiger partial charge in [-0.15, -0.1) is 0 Å². The normalized spacial score (nSPS) is 10.2. The third kappa shape index (κ3) is 9.67. The molecule has 13 heteroatoms. The van der Waals surface area contributed by atoms with Gasteiger partial charge in [0.1, 0.15) is 5.56 Å². The molecule has 0 heterocycles. The maximum atomic E-state index is 12.0. The molecule has 0 spiro atoms. The van der Waals surface area contributed by atoms with Crippen molar-refractivity contribution in [2.45, 2.75) is 11.3 Å². The highest BCUT2D eigenvalue weighted by Gasteiger charge is 2.17. The van der Waals surface area contributed by atoms with Crippen LogP contribution >= 0.6 is 54.1 Å². The number of benzene rings is 3. The fourth-order valence-electron chi connectivity index (χ4n) is 2.32. The maximum Gasteiger partial charge on any atom is 0.341 e. The van der Waals surface area contributed by atoms with Gasteiger partial charge in [0.2, 0.25) is 5.69 Å². The topological polar surface area (TPSA) is 74.0 Å². The Bertz CT molecular complexity index is 1340. The SMILES string of the molecule is COC(=O)c1ccc(Br)c(Cl)c1OC.O=S(=O)(Cl)c1ccc(C(F)F)cc1.[C-]#[N+]c1ccccc1Br. The number of hydrogen-bond acceptors (Lipinski definition) is 5. The third-order valence-corrected chi connectivity index (χ3v) is 7.35. The summed E-state index contributed by atoms with van der Waals surface area (Å²) >= 11 is 12.4. The van der Waals surface area contributed by atoms with E-state index in [4.69, 9.17) is 33.6 Å². The van der Waals surface area contributed by atoms with Crippen LogP contribution in [0.1, 0.15) is 22.3 Å². The third-order valence-electron chi connectivity index (χ3n) is 4.05. The first-order chi connectivity index (χ1) is 16.9. The highest BCUT2D eigenvalue weighted by atomic mass is 79.9. The van der Waals surface area contributed by atoms with Crippen LogP contribution in [0.5, 0.6) is 5.75 Å². The molecule has 0 N–H and O–H groups in total. The Hall–Kier alpha value is -2.23. The van der Waals surface area contributed by atoms with Gasteiger partial charge in [-0.3, -0.25) is 0 Å². The van der Waals surface area contributed by atoms with Crippen LogP contribution < -0.4 is 4.74 Å². The summed E-state index contributed by atoms with van der Waals surface area (Å²) < 4.78 is 56.5. The van der Waals surface area contributed by atoms with Gasteiger partial charge in [-0.2, -0.15) is 0 Å². The van der Waals surface area contributed by atoms with Crippen LogP contribution in [0.15, 0.2) is 74.5 Å². The number of halogens is 6. The predicted molar refractivity (Wildman–Crippen MR) is 142 cm³/mol. The molecule has 36 heavy (non-hydrogen) atoms. The Balaban J connectivity index is 0.000000276. The Morgan fingerprint density at radius 2 is 1.58 bits per heavy atom. The van der Waals surface area contributed by atoms with Gasteiger partial charge in [-0.25, -0.2) is 26.8 Å². The summed E-state index contributed by atoms with van der Waals surface area (Å²) in [7, 11) is 3.91. The van der Waals surface area contributed by atoms with Gasteiger partial charge < -0.3 is 9.47 Å². The number of hydrogen-bond donors (Lipinski definition) is 0. The molecule has 0 saturated heterocycles. The van der Waals surface area contributed by atoms with Crippen LogP contribution in [0, 0.1) is 6.57 Å². The molecule has 6 nitrogen and oxygen atoms in total. The van der Waals surface area contributed by atoms with E-state index in [0.29, 0.717) is 26.5 Å². The van der Waals surface area contributed by atoms with Gasteiger partial charge in [0, 0.05) is 25.2 Å². The monoisotopic (exact) mass is 685 g/mol. The molecule has 0 amide bonds. The van der Waals surface area contributed by atoms with Crippen molar-refractivity contribution in [3.8, 4) is 5.75 Å². The molecule has 192 valence electrons. The molecule has 0 bridgehead atoms. The van der Waals surface area contributed by atoms with Crippen molar-refractivity contribution in [2.75, 3.05) is 14.2 Å². The van der Waals surface area contributed by atoms with Crippen molar-refractivity contribution in [3.63, 3.8) is 0 Å². The molecular weight excluding hydrogens is 671 g/mol. The quantitative estimate of drug-likeness (QED) is 0.156. The lowest BCUT2D eigenvalue weighted by molar-refractivity contribution is 0.0597. The minimum Gasteiger partial charge on any atom is -0.494 e. The van der Waals surface area contributed by atoms with Crippen molar-refractivity contribution in [3.05, 3.63) is 97.2 Å². The van der Waals surface area contributed by atoms with Crippen LogP contribution in [0.2, 0.25) is 5.02 Å². The number of ether oxygens (including phenoxy) is 2. The molecule has 0 saturated carbocycles. The second-order valence-corrected chi connectivity index (χ2v) is 11.0. The van der Waals surface area contributed by atoms with E-state index in [1.54, 1.807) is 18.2 Å². The molecule has 0 aliphatic carbocycles. The maximum absolute atomic E-state index is 12.0. The van der Waals surface area contributed by atoms with E-state index in [2.05, 4.69) is 41.4 Å². The highest BCUT2D eigenvalue weighted by molar-refractivity contribution is 9.11. The summed E-state index contributed by atoms with van der Waals surface area (Å²) in [6.07, 6.45) is -2.60. The molecule has 3 aromatic rings. The lowest BCUT2D eigenvalue weighted by Gasteiger charge is -2.09. The number of para-hydroxylation sites is 1. The Morgan fingerprint density at radius 1 is 1.00 bits per heavy atom. The second-order valence-electron chi connectivity index (χ2n) is 6.30. The van der Waals surface area contributed by atoms with E-state index in [1.165, 1.54) is 14.2 Å². The summed E-state index contributed by atoms with van der Waals surface area (Å²) in [5.74, 6) is -0.163. The first kappa shape index (κ1) is 31.8. The fraction of sp³-hybridized carbons (Fsp3) is 0.130. The van der Waals surface area contributed by atoms with Gasteiger partial charge in [-0.05, 0) is 40.2 Å². The minimum absolute atomic E-state index is 0.182. The van der Waals surface area contributed by atoms with E-state index in [9.17, 15) is 22.0 Å². The first-order valence-corrected chi connectivity index (χ1v) is 13.7. The average Bonchev–Trinajstić information content (AvgIpc) is 2.85. The smallest absolute Gasteiger partial charge is 0.341 e. The second kappa shape index (κ2) is 15.1. The standard InChI is InChI=1S/C9H8BrClO3.C7H4BrN.C7H5ClF2O2S/c1-13-8-5(9(12)14-2)3-4-6(10)7(8)11;1-9-7-5-3-2-4-6(7)8;8-13(11,12)6-3-1-5(2-4-6)7(9)10/h3-4H,1-2H3;2-5H;1-4,7H. The molecule has 0 aromatic heterocycles. The predicted octanol–water partition coefficient (Wildman–Crippen LogP) is 8.45. The number of nitrogens with zero attached hydrogens (tertiary/aromatic N) is 1. The molecule has 0 atom stereocenters. The van der Waals surface area contributed by atoms with E-state index in [-0.39, 0.29) is 10.5 Å². The van der Waals surface area contributed by atoms with Crippen molar-refractivity contribution in [2.24, 2.45) is 0 Å². The molecule has 0 unspecified atom stereocenters. The number of rotatable bonds is 4. The van der Waals surface area contributed by atoms with Crippen molar-refractivity contribution >= 4 is 74.9 Å². The van der Waals surface area contributed by atoms with E-state index < -0.39 is 21.4 Å². The molecule has 3 rings (SSSR count). The van der Waals surface area contributed by atoms with Crippen molar-refractivity contribution in [1.82, 2.24) is 0 Å². The molecular formula is C23H17Br2Cl2F2NO5S. The number of methoxy groups -OCH3 is 2. The lowest BCUT2D eigenvalue weighted by Crippen LogP contribution is -2.04. The summed E-state index contributed by atoms with van der Waals surface area (Å²) in [6.45, 7) is 6.68. The van der Waals surface area contributed by atoms with Crippen LogP contribution in [-0.2, 0) is 13.8 Å². The number of esters is 1. The fourth-order valence-corrected chi connectivity index (χ4v) is 4.02. The highest BCUT2D eigenvalue weighted by Crippen LogP contribution is 2.35. The number of carbonyl (C=O) groups is 1. The molecule has 0 fully saturated rings. The van der Waals surface area contributed by atoms with Gasteiger partial charge in [0.25, 0.3) is 15.5 Å². The zero-order valence-corrected chi connectivity index (χ0v) is 24.0. The summed E-state index contributed by atoms with van der Waals surface area (Å²) in [5.41, 5.74) is 0.741. The number of carbonyl (C=O) groups excluding carboxylic acids is 1. The number of alkyl halides is 2. The first-order valence-electron chi connectivity index (χ1n) is 9.42. The summed E-state index contributed by atoms with van der Waals surface area (Å²) in [5, 5.41) is 0.357. The summed E-state index contributed by atoms with van der Waals surface area (Å²) in [4.78, 5) is 14.4. The van der Waals surface area contributed by atoms with E-state index >= 15 is 0 Å². The minimum atomic E-state index is -3.82. The van der Waals surface area contributed by atoms with Crippen molar-refractivity contribution in [1.29, 1.82) is 0 Å². The lowest BCUT2D eigenvalue weighted by atomic mass is 10.2. The van der Waals surface area contributed by atoms with Crippen LogP contribution in [-0.4, -0.2) is 28.6 Å². The molecule has 3 aromatic carbocycles. The largest absolute Gasteiger partial charge is 0.494 e. The van der Waals surface area contributed by atoms with Crippen LogP contribution in [0.3, 0.4) is 0 Å². The van der Waals surface area contributed by atoms with Crippen LogP contribution in [0.25, 0.3) is 4.85 Å². The summed E-state index contributed by atoms with van der Waals surface area (Å²) in [6, 6.07) is 14.8. The molecule has 0 radical (unpaired) electrons. The van der Waals surface area contributed by atoms with E-state index in [0.717, 1.165) is 28.7 Å². The van der Waals surface area contributed by atoms with Gasteiger partial charge >= 0.3 is 5.97 Å². The van der Waals surface area contributed by atoms with Crippen LogP contribution in [0.4, 0.5) is 14.5 Å². The Labute approximate surface area is 233 Å². The zero-order valence-electron chi connectivity index (χ0n) is 18.5. The van der Waals surface area contributed by atoms with Gasteiger partial charge in [-0.1, -0.05) is 63.9 Å². The van der Waals surface area contributed by atoms with Gasteiger partial charge in [0.15, 0.2) is 5.75 Å². The molecule has 0 aliphatic rings. The van der Waals surface area contributed by atoms with E-state index in [1.807, 2.05) is 18.2 Å². The average molecular weight is 688 g/mol. The van der Waals surface area contributed by atoms with Crippen molar-refractivity contribution < 1.29 is 31.5 Å². The zero-order chi connectivity index (χ0) is 27.5. The molecule has 0 aliphatic heterocycles. The Kier molecular flexibility index (Phi) is 13.4. The van der Waals surface area contributed by atoms with Gasteiger partial charge in [0.05, 0.1) is 30.7 Å². The Morgan fingerprint density at radius 3 is 2.00 bits per heavy atom.